The van der Waals surface area contributed by atoms with Crippen LogP contribution in [0.15, 0.2) is 78.7 Å². The van der Waals surface area contributed by atoms with Crippen LogP contribution in [0.2, 0.25) is 0 Å². The van der Waals surface area contributed by atoms with Crippen LogP contribution < -0.4 is 4.74 Å². The van der Waals surface area contributed by atoms with Crippen LogP contribution in [0.3, 0.4) is 0 Å². The van der Waals surface area contributed by atoms with E-state index < -0.39 is 0 Å². The van der Waals surface area contributed by atoms with E-state index in [4.69, 9.17) is 14.3 Å². The van der Waals surface area contributed by atoms with Gasteiger partial charge in [0.15, 0.2) is 0 Å². The summed E-state index contributed by atoms with van der Waals surface area (Å²) in [6.45, 7) is 3.38. The predicted octanol–water partition coefficient (Wildman–Crippen LogP) is 3.79. The second-order valence-corrected chi connectivity index (χ2v) is 6.89. The number of carbonyl (C=O) groups excluding carboxylic acids is 1. The molecule has 0 bridgehead atoms. The molecule has 2 aromatic carbocycles. The fourth-order valence-electron chi connectivity index (χ4n) is 3.94. The Morgan fingerprint density at radius 3 is 2.48 bits per heavy atom. The normalized spacial score (nSPS) is 21.3. The van der Waals surface area contributed by atoms with E-state index in [9.17, 15) is 4.79 Å². The van der Waals surface area contributed by atoms with Gasteiger partial charge in [0.2, 0.25) is 0 Å². The maximum atomic E-state index is 11.2. The van der Waals surface area contributed by atoms with Gasteiger partial charge in [-0.15, -0.1) is 5.17 Å². The molecule has 2 aliphatic rings. The average Bonchev–Trinajstić information content (AvgIpc) is 3.37. The number of para-hydroxylation sites is 1. The van der Waals surface area contributed by atoms with Gasteiger partial charge in [-0.05, 0) is 30.7 Å². The molecule has 0 saturated carbocycles. The molecule has 0 amide bonds. The van der Waals surface area contributed by atoms with E-state index in [1.807, 2.05) is 66.5 Å². The van der Waals surface area contributed by atoms with Crippen LogP contribution in [0.5, 0.6) is 5.75 Å². The maximum Gasteiger partial charge on any atom is 0.322 e. The van der Waals surface area contributed by atoms with Crippen LogP contribution in [0.25, 0.3) is 5.57 Å². The molecule has 0 fully saturated rings. The summed E-state index contributed by atoms with van der Waals surface area (Å²) in [5.41, 5.74) is 3.03. The molecule has 0 aliphatic carbocycles. The van der Waals surface area contributed by atoms with Gasteiger partial charge in [0.25, 0.3) is 0 Å². The first-order chi connectivity index (χ1) is 14.3. The molecule has 0 radical (unpaired) electrons. The van der Waals surface area contributed by atoms with Gasteiger partial charge in [0.1, 0.15) is 18.5 Å². The van der Waals surface area contributed by atoms with Gasteiger partial charge in [-0.1, -0.05) is 48.5 Å². The quantitative estimate of drug-likeness (QED) is 0.637. The van der Waals surface area contributed by atoms with Gasteiger partial charge >= 0.3 is 6.47 Å². The number of hydroxylamine groups is 1. The fraction of sp³-hybridized carbons (Fsp3) is 0.261. The van der Waals surface area contributed by atoms with E-state index in [0.29, 0.717) is 19.6 Å². The van der Waals surface area contributed by atoms with Gasteiger partial charge in [-0.25, -0.2) is 0 Å². The molecule has 0 aromatic heterocycles. The van der Waals surface area contributed by atoms with Crippen molar-refractivity contribution in [2.75, 3.05) is 13.2 Å². The van der Waals surface area contributed by atoms with E-state index in [1.54, 1.807) is 11.4 Å². The van der Waals surface area contributed by atoms with Crippen molar-refractivity contribution >= 4 is 12.0 Å². The largest absolute Gasteiger partial charge is 0.496 e. The van der Waals surface area contributed by atoms with Crippen molar-refractivity contribution < 1.29 is 19.1 Å². The summed E-state index contributed by atoms with van der Waals surface area (Å²) in [7, 11) is 0. The fourth-order valence-corrected chi connectivity index (χ4v) is 3.94. The van der Waals surface area contributed by atoms with Crippen molar-refractivity contribution in [3.8, 4) is 5.75 Å². The molecular weight excluding hydrogens is 368 g/mol. The number of nitrogens with zero attached hydrogens (tertiary/aromatic N) is 2. The Labute approximate surface area is 170 Å². The predicted molar refractivity (Wildman–Crippen MR) is 109 cm³/mol. The number of hydrogen-bond donors (Lipinski definition) is 0. The molecule has 6 heteroatoms. The van der Waals surface area contributed by atoms with Crippen molar-refractivity contribution in [1.82, 2.24) is 10.2 Å². The lowest BCUT2D eigenvalue weighted by Crippen LogP contribution is -2.49. The molecule has 2 heterocycles. The number of ether oxygens (including phenoxy) is 2. The van der Waals surface area contributed by atoms with E-state index >= 15 is 0 Å². The summed E-state index contributed by atoms with van der Waals surface area (Å²) in [6, 6.07) is 19.7. The van der Waals surface area contributed by atoms with Crippen molar-refractivity contribution in [3.63, 3.8) is 0 Å². The van der Waals surface area contributed by atoms with Crippen LogP contribution in [-0.4, -0.2) is 42.0 Å². The summed E-state index contributed by atoms with van der Waals surface area (Å²) in [4.78, 5) is 16.6. The molecule has 150 valence electrons. The number of hydrogen-bond acceptors (Lipinski definition) is 6. The van der Waals surface area contributed by atoms with Crippen LogP contribution in [0.1, 0.15) is 18.9 Å². The van der Waals surface area contributed by atoms with Gasteiger partial charge in [0, 0.05) is 12.0 Å². The Hall–Kier alpha value is -3.25. The lowest BCUT2D eigenvalue weighted by atomic mass is 9.93. The number of allylic oxidation sites excluding steroid dienone is 1. The molecule has 4 rings (SSSR count). The minimum Gasteiger partial charge on any atom is -0.496 e. The van der Waals surface area contributed by atoms with E-state index in [1.165, 1.54) is 0 Å². The molecule has 0 saturated heterocycles. The second kappa shape index (κ2) is 8.84. The Morgan fingerprint density at radius 1 is 1.10 bits per heavy atom. The third kappa shape index (κ3) is 3.98. The third-order valence-electron chi connectivity index (χ3n) is 5.16. The monoisotopic (exact) mass is 392 g/mol. The maximum absolute atomic E-state index is 11.2. The molecular formula is C23H24N2O4. The van der Waals surface area contributed by atoms with E-state index in [0.717, 1.165) is 29.0 Å². The number of benzene rings is 2. The van der Waals surface area contributed by atoms with Gasteiger partial charge < -0.3 is 14.3 Å². The number of rotatable bonds is 8. The second-order valence-electron chi connectivity index (χ2n) is 6.89. The first-order valence-electron chi connectivity index (χ1n) is 9.71. The lowest BCUT2D eigenvalue weighted by Gasteiger charge is -2.34. The Bertz CT molecular complexity index is 874. The lowest BCUT2D eigenvalue weighted by molar-refractivity contribution is -0.240. The van der Waals surface area contributed by atoms with Crippen LogP contribution in [-0.2, 0) is 14.4 Å². The highest BCUT2D eigenvalue weighted by Crippen LogP contribution is 2.40. The Morgan fingerprint density at radius 2 is 1.83 bits per heavy atom. The molecule has 0 spiro atoms. The third-order valence-corrected chi connectivity index (χ3v) is 5.16. The molecule has 29 heavy (non-hydrogen) atoms. The SMILES string of the molecule is CC1=C(c2ccccc2)C(C2CC=CO2)N(CCOc2ccccc2)N1OC=O. The topological polar surface area (TPSA) is 51.2 Å². The van der Waals surface area contributed by atoms with E-state index in [-0.39, 0.29) is 12.1 Å². The molecule has 2 aromatic rings. The van der Waals surface area contributed by atoms with Gasteiger partial charge in [-0.3, -0.25) is 4.79 Å². The van der Waals surface area contributed by atoms with Crippen molar-refractivity contribution in [1.29, 1.82) is 0 Å². The van der Waals surface area contributed by atoms with Crippen molar-refractivity contribution in [2.45, 2.75) is 25.5 Å². The molecule has 2 atom stereocenters. The summed E-state index contributed by atoms with van der Waals surface area (Å²) >= 11 is 0. The van der Waals surface area contributed by atoms with Crippen LogP contribution >= 0.6 is 0 Å². The number of carbonyl (C=O) groups is 1. The average molecular weight is 392 g/mol. The summed E-state index contributed by atoms with van der Waals surface area (Å²) in [5.74, 6) is 0.804. The summed E-state index contributed by atoms with van der Waals surface area (Å²) in [5, 5.41) is 3.57. The van der Waals surface area contributed by atoms with E-state index in [2.05, 4.69) is 12.1 Å². The highest BCUT2D eigenvalue weighted by molar-refractivity contribution is 5.74. The Kier molecular flexibility index (Phi) is 5.81. The summed E-state index contributed by atoms with van der Waals surface area (Å²) in [6.07, 6.45) is 4.48. The van der Waals surface area contributed by atoms with Gasteiger partial charge in [0.05, 0.1) is 24.5 Å². The molecule has 6 nitrogen and oxygen atoms in total. The first kappa shape index (κ1) is 19.1. The van der Waals surface area contributed by atoms with Crippen molar-refractivity contribution in [2.24, 2.45) is 0 Å². The standard InChI is InChI=1S/C23H24N2O4/c1-18-22(19-9-4-2-5-10-19)23(21-13-8-15-28-21)24(25(18)29-17-26)14-16-27-20-11-6-3-7-12-20/h2-12,15,17,21,23H,13-14,16H2,1H3. The molecule has 2 unspecified atom stereocenters. The highest BCUT2D eigenvalue weighted by Gasteiger charge is 2.44. The van der Waals surface area contributed by atoms with Gasteiger partial charge in [-0.2, -0.15) is 5.01 Å². The Balaban J connectivity index is 1.61. The molecule has 0 N–H and O–H groups in total. The van der Waals surface area contributed by atoms with Crippen LogP contribution in [0.4, 0.5) is 0 Å². The zero-order chi connectivity index (χ0) is 20.1. The molecule has 2 aliphatic heterocycles. The smallest absolute Gasteiger partial charge is 0.322 e. The zero-order valence-electron chi connectivity index (χ0n) is 16.3. The van der Waals surface area contributed by atoms with Crippen molar-refractivity contribution in [3.05, 3.63) is 84.3 Å². The minimum atomic E-state index is -0.105. The highest BCUT2D eigenvalue weighted by atomic mass is 16.7. The number of hydrazine groups is 1. The van der Waals surface area contributed by atoms with Crippen LogP contribution in [0, 0.1) is 0 Å². The summed E-state index contributed by atoms with van der Waals surface area (Å²) < 4.78 is 11.8. The first-order valence-corrected chi connectivity index (χ1v) is 9.71. The minimum absolute atomic E-state index is 0.0721. The zero-order valence-corrected chi connectivity index (χ0v) is 16.3.